The molecule has 3 aromatic carbocycles. The molecule has 34 heavy (non-hydrogen) atoms. The maximum Gasteiger partial charge on any atom is 0.257 e. The molecular weight excluding hydrogens is 426 g/mol. The maximum absolute atomic E-state index is 13.5. The van der Waals surface area contributed by atoms with Gasteiger partial charge in [0.1, 0.15) is 11.6 Å². The van der Waals surface area contributed by atoms with Gasteiger partial charge in [-0.25, -0.2) is 4.98 Å². The fourth-order valence-electron chi connectivity index (χ4n) is 4.43. The van der Waals surface area contributed by atoms with Gasteiger partial charge in [0.15, 0.2) is 11.0 Å². The van der Waals surface area contributed by atoms with Crippen LogP contribution in [-0.4, -0.2) is 27.4 Å². The second-order valence-electron chi connectivity index (χ2n) is 8.36. The van der Waals surface area contributed by atoms with Crippen molar-refractivity contribution in [2.45, 2.75) is 26.9 Å². The van der Waals surface area contributed by atoms with Crippen molar-refractivity contribution in [3.05, 3.63) is 100.0 Å². The third-order valence-electron chi connectivity index (χ3n) is 6.19. The molecule has 6 heteroatoms. The highest BCUT2D eigenvalue weighted by Gasteiger charge is 2.22. The molecule has 0 fully saturated rings. The van der Waals surface area contributed by atoms with Gasteiger partial charge in [-0.1, -0.05) is 48.5 Å². The normalized spacial score (nSPS) is 11.3. The largest absolute Gasteiger partial charge is 0.455 e. The Morgan fingerprint density at radius 1 is 1.00 bits per heavy atom. The Bertz CT molecular complexity index is 1580. The molecule has 0 saturated carbocycles. The van der Waals surface area contributed by atoms with E-state index < -0.39 is 0 Å². The second-order valence-corrected chi connectivity index (χ2v) is 8.36. The lowest BCUT2D eigenvalue weighted by Crippen LogP contribution is -2.28. The molecule has 6 nitrogen and oxygen atoms in total. The zero-order valence-electron chi connectivity index (χ0n) is 19.4. The third-order valence-corrected chi connectivity index (χ3v) is 6.19. The van der Waals surface area contributed by atoms with E-state index in [4.69, 9.17) is 9.40 Å². The van der Waals surface area contributed by atoms with E-state index in [0.29, 0.717) is 34.4 Å². The van der Waals surface area contributed by atoms with Crippen LogP contribution in [-0.2, 0) is 13.1 Å². The molecule has 0 unspecified atom stereocenters. The fourth-order valence-corrected chi connectivity index (χ4v) is 4.43. The topological polar surface area (TPSA) is 68.3 Å². The number of hydrogen-bond acceptors (Lipinski definition) is 4. The first-order valence-electron chi connectivity index (χ1n) is 11.3. The summed E-state index contributed by atoms with van der Waals surface area (Å²) in [4.78, 5) is 33.0. The summed E-state index contributed by atoms with van der Waals surface area (Å²) in [5.74, 6) is 1.06. The van der Waals surface area contributed by atoms with Crippen molar-refractivity contribution in [1.29, 1.82) is 0 Å². The highest BCUT2D eigenvalue weighted by atomic mass is 16.3. The summed E-state index contributed by atoms with van der Waals surface area (Å²) in [7, 11) is 1.74. The van der Waals surface area contributed by atoms with Gasteiger partial charge >= 0.3 is 0 Å². The monoisotopic (exact) mass is 451 g/mol. The SMILES string of the molecule is CCn1c(CN(C)C(=O)c2cccc3c(=O)c(C)c(-c4ccccc4)oc23)nc2ccccc21. The smallest absolute Gasteiger partial charge is 0.257 e. The first-order chi connectivity index (χ1) is 16.5. The minimum absolute atomic E-state index is 0.134. The molecular formula is C28H25N3O3. The molecule has 2 aromatic heterocycles. The van der Waals surface area contributed by atoms with Crippen molar-refractivity contribution in [3.63, 3.8) is 0 Å². The Morgan fingerprint density at radius 3 is 2.50 bits per heavy atom. The highest BCUT2D eigenvalue weighted by molar-refractivity contribution is 6.05. The van der Waals surface area contributed by atoms with Gasteiger partial charge in [0.05, 0.1) is 28.5 Å². The number of fused-ring (bicyclic) bond motifs is 2. The quantitative estimate of drug-likeness (QED) is 0.358. The highest BCUT2D eigenvalue weighted by Crippen LogP contribution is 2.28. The van der Waals surface area contributed by atoms with Gasteiger partial charge < -0.3 is 13.9 Å². The van der Waals surface area contributed by atoms with Gasteiger partial charge in [-0.05, 0) is 38.1 Å². The molecule has 0 aliphatic rings. The van der Waals surface area contributed by atoms with E-state index in [-0.39, 0.29) is 11.3 Å². The van der Waals surface area contributed by atoms with Crippen LogP contribution in [0.3, 0.4) is 0 Å². The van der Waals surface area contributed by atoms with Crippen molar-refractivity contribution in [2.75, 3.05) is 7.05 Å². The van der Waals surface area contributed by atoms with Crippen LogP contribution < -0.4 is 5.43 Å². The van der Waals surface area contributed by atoms with Gasteiger partial charge in [-0.3, -0.25) is 9.59 Å². The lowest BCUT2D eigenvalue weighted by Gasteiger charge is -2.18. The van der Waals surface area contributed by atoms with Gasteiger partial charge in [0.2, 0.25) is 0 Å². The van der Waals surface area contributed by atoms with Crippen LogP contribution in [0.4, 0.5) is 0 Å². The average molecular weight is 452 g/mol. The van der Waals surface area contributed by atoms with E-state index >= 15 is 0 Å². The summed E-state index contributed by atoms with van der Waals surface area (Å²) >= 11 is 0. The van der Waals surface area contributed by atoms with Gasteiger partial charge in [0.25, 0.3) is 5.91 Å². The molecule has 0 spiro atoms. The molecule has 0 saturated heterocycles. The number of aryl methyl sites for hydroxylation is 1. The van der Waals surface area contributed by atoms with E-state index in [1.807, 2.05) is 54.6 Å². The van der Waals surface area contributed by atoms with E-state index in [0.717, 1.165) is 29.0 Å². The first-order valence-corrected chi connectivity index (χ1v) is 11.3. The molecule has 1 amide bonds. The number of rotatable bonds is 5. The number of benzene rings is 3. The predicted molar refractivity (Wildman–Crippen MR) is 134 cm³/mol. The number of nitrogens with zero attached hydrogens (tertiary/aromatic N) is 3. The molecule has 170 valence electrons. The molecule has 5 aromatic rings. The second kappa shape index (κ2) is 8.63. The molecule has 2 heterocycles. The van der Waals surface area contributed by atoms with Crippen LogP contribution in [0.15, 0.2) is 82.0 Å². The van der Waals surface area contributed by atoms with Crippen LogP contribution in [0.1, 0.15) is 28.7 Å². The standard InChI is InChI=1S/C28H25N3O3/c1-4-31-23-16-9-8-15-22(23)29-24(31)17-30(3)28(33)21-14-10-13-20-25(32)18(2)26(34-27(20)21)19-11-6-5-7-12-19/h5-16H,4,17H2,1-3H3. The van der Waals surface area contributed by atoms with Crippen LogP contribution >= 0.6 is 0 Å². The number of amides is 1. The number of imidazole rings is 1. The molecule has 0 bridgehead atoms. The van der Waals surface area contributed by atoms with Crippen molar-refractivity contribution in [2.24, 2.45) is 0 Å². The first kappa shape index (κ1) is 21.6. The van der Waals surface area contributed by atoms with Gasteiger partial charge in [-0.2, -0.15) is 0 Å². The molecule has 0 aliphatic heterocycles. The van der Waals surface area contributed by atoms with Gasteiger partial charge in [-0.15, -0.1) is 0 Å². The number of carbonyl (C=O) groups is 1. The Balaban J connectivity index is 1.57. The van der Waals surface area contributed by atoms with Crippen molar-refractivity contribution < 1.29 is 9.21 Å². The van der Waals surface area contributed by atoms with Crippen molar-refractivity contribution in [3.8, 4) is 11.3 Å². The summed E-state index contributed by atoms with van der Waals surface area (Å²) in [5, 5.41) is 0.400. The molecule has 5 rings (SSSR count). The third kappa shape index (κ3) is 3.57. The summed E-state index contributed by atoms with van der Waals surface area (Å²) in [6.07, 6.45) is 0. The maximum atomic E-state index is 13.5. The van der Waals surface area contributed by atoms with E-state index in [1.54, 1.807) is 37.1 Å². The predicted octanol–water partition coefficient (Wildman–Crippen LogP) is 5.41. The lowest BCUT2D eigenvalue weighted by atomic mass is 10.0. The zero-order chi connectivity index (χ0) is 23.8. The number of hydrogen-bond donors (Lipinski definition) is 0. The van der Waals surface area contributed by atoms with Crippen LogP contribution in [0, 0.1) is 6.92 Å². The molecule has 0 N–H and O–H groups in total. The molecule has 0 aliphatic carbocycles. The Kier molecular flexibility index (Phi) is 5.49. The lowest BCUT2D eigenvalue weighted by molar-refractivity contribution is 0.0781. The Morgan fingerprint density at radius 2 is 1.74 bits per heavy atom. The minimum atomic E-state index is -0.230. The number of aromatic nitrogens is 2. The zero-order valence-corrected chi connectivity index (χ0v) is 19.4. The van der Waals surface area contributed by atoms with E-state index in [2.05, 4.69) is 11.5 Å². The average Bonchev–Trinajstić information content (AvgIpc) is 3.22. The van der Waals surface area contributed by atoms with E-state index in [1.165, 1.54) is 0 Å². The Hall–Kier alpha value is -4.19. The molecule has 0 atom stereocenters. The van der Waals surface area contributed by atoms with Crippen LogP contribution in [0.2, 0.25) is 0 Å². The summed E-state index contributed by atoms with van der Waals surface area (Å²) < 4.78 is 8.35. The van der Waals surface area contributed by atoms with Crippen LogP contribution in [0.25, 0.3) is 33.3 Å². The summed E-state index contributed by atoms with van der Waals surface area (Å²) in [6.45, 7) is 4.90. The van der Waals surface area contributed by atoms with Crippen molar-refractivity contribution in [1.82, 2.24) is 14.5 Å². The van der Waals surface area contributed by atoms with Gasteiger partial charge in [0, 0.05) is 24.7 Å². The summed E-state index contributed by atoms with van der Waals surface area (Å²) in [5.41, 5.74) is 3.79. The number of carbonyl (C=O) groups excluding carboxylic acids is 1. The summed E-state index contributed by atoms with van der Waals surface area (Å²) in [6, 6.07) is 22.6. The number of para-hydroxylation sites is 3. The minimum Gasteiger partial charge on any atom is -0.455 e. The fraction of sp³-hybridized carbons (Fsp3) is 0.179. The Labute approximate surface area is 197 Å². The van der Waals surface area contributed by atoms with Crippen LogP contribution in [0.5, 0.6) is 0 Å². The molecule has 0 radical (unpaired) electrons. The van der Waals surface area contributed by atoms with Crippen molar-refractivity contribution >= 4 is 27.9 Å². The van der Waals surface area contributed by atoms with E-state index in [9.17, 15) is 9.59 Å².